The Morgan fingerprint density at radius 3 is 2.00 bits per heavy atom. The summed E-state index contributed by atoms with van der Waals surface area (Å²) >= 11 is 0. The number of hydrogen-bond acceptors (Lipinski definition) is 3. The van der Waals surface area contributed by atoms with Gasteiger partial charge < -0.3 is 14.3 Å². The van der Waals surface area contributed by atoms with Gasteiger partial charge in [0.15, 0.2) is 0 Å². The Labute approximate surface area is 92.9 Å². The van der Waals surface area contributed by atoms with Gasteiger partial charge in [-0.3, -0.25) is 0 Å². The van der Waals surface area contributed by atoms with Crippen LogP contribution in [0.4, 0.5) is 22.0 Å². The molecule has 0 heterocycles. The molecule has 94 valence electrons. The van der Waals surface area contributed by atoms with E-state index in [1.807, 2.05) is 0 Å². The van der Waals surface area contributed by atoms with Crippen molar-refractivity contribution in [2.24, 2.45) is 0 Å². The van der Waals surface area contributed by atoms with Crippen LogP contribution in [0.25, 0.3) is 0 Å². The van der Waals surface area contributed by atoms with Gasteiger partial charge in [0.2, 0.25) is 0 Å². The van der Waals surface area contributed by atoms with Crippen molar-refractivity contribution in [3.63, 3.8) is 0 Å². The Balaban J connectivity index is 2.59. The van der Waals surface area contributed by atoms with Gasteiger partial charge in [-0.2, -0.15) is 22.0 Å². The topological polar surface area (TPSA) is 38.7 Å². The fourth-order valence-corrected chi connectivity index (χ4v) is 0.833. The molecule has 0 spiro atoms. The fourth-order valence-electron chi connectivity index (χ4n) is 0.833. The molecule has 0 radical (unpaired) electrons. The second kappa shape index (κ2) is 4.88. The highest BCUT2D eigenvalue weighted by Gasteiger charge is 2.61. The first-order valence-electron chi connectivity index (χ1n) is 4.24. The normalized spacial score (nSPS) is 12.4. The van der Waals surface area contributed by atoms with E-state index in [-0.39, 0.29) is 5.75 Å². The number of halogens is 5. The molecule has 3 nitrogen and oxygen atoms in total. The van der Waals surface area contributed by atoms with E-state index >= 15 is 0 Å². The molecule has 0 saturated carbocycles. The maximum Gasteiger partial charge on any atom is 0.714 e. The Morgan fingerprint density at radius 1 is 1.00 bits per heavy atom. The summed E-state index contributed by atoms with van der Waals surface area (Å²) < 4.78 is 67.0. The van der Waals surface area contributed by atoms with E-state index in [4.69, 9.17) is 5.02 Å². The monoisotopic (exact) mass is 256 g/mol. The van der Waals surface area contributed by atoms with Gasteiger partial charge in [-0.05, 0) is 12.1 Å². The number of alkyl halides is 5. The first-order valence-corrected chi connectivity index (χ1v) is 4.24. The first-order chi connectivity index (χ1) is 7.72. The Bertz CT molecular complexity index is 356. The second-order valence-corrected chi connectivity index (χ2v) is 2.87. The molecule has 17 heavy (non-hydrogen) atoms. The summed E-state index contributed by atoms with van der Waals surface area (Å²) in [6.45, 7) is 0. The predicted molar refractivity (Wildman–Crippen MR) is 47.1 cm³/mol. The number of hydrogen-bond donors (Lipinski definition) is 1. The summed E-state index contributed by atoms with van der Waals surface area (Å²) in [4.78, 5) is 0. The quantitative estimate of drug-likeness (QED) is 0.663. The molecule has 0 aliphatic rings. The lowest BCUT2D eigenvalue weighted by molar-refractivity contribution is -0.368. The SMILES string of the molecule is OB(Oc1ccccc1)OC(F)(F)C(F)(F)F. The van der Waals surface area contributed by atoms with E-state index in [9.17, 15) is 22.0 Å². The maximum absolute atomic E-state index is 12.3. The third-order valence-electron chi connectivity index (χ3n) is 1.56. The molecule has 0 bridgehead atoms. The molecule has 0 amide bonds. The summed E-state index contributed by atoms with van der Waals surface area (Å²) in [5.41, 5.74) is 0. The van der Waals surface area contributed by atoms with E-state index in [2.05, 4.69) is 9.31 Å². The maximum atomic E-state index is 12.3. The van der Waals surface area contributed by atoms with Crippen molar-refractivity contribution >= 4 is 7.32 Å². The Morgan fingerprint density at radius 2 is 1.53 bits per heavy atom. The van der Waals surface area contributed by atoms with Gasteiger partial charge in [-0.25, -0.2) is 0 Å². The molecule has 1 aromatic carbocycles. The van der Waals surface area contributed by atoms with Crippen molar-refractivity contribution in [2.45, 2.75) is 12.3 Å². The van der Waals surface area contributed by atoms with Crippen LogP contribution in [0, 0.1) is 0 Å². The van der Waals surface area contributed by atoms with Crippen LogP contribution >= 0.6 is 0 Å². The number of benzene rings is 1. The van der Waals surface area contributed by atoms with Crippen molar-refractivity contribution < 1.29 is 36.3 Å². The van der Waals surface area contributed by atoms with Crippen molar-refractivity contribution in [1.29, 1.82) is 0 Å². The standard InChI is InChI=1S/C8H6BF5O3/c10-7(11,12)8(13,14)17-9(15)16-6-4-2-1-3-5-6/h1-5,15H. The molecule has 9 heteroatoms. The van der Waals surface area contributed by atoms with Crippen LogP contribution < -0.4 is 4.65 Å². The van der Waals surface area contributed by atoms with Gasteiger partial charge in [-0.1, -0.05) is 18.2 Å². The van der Waals surface area contributed by atoms with Crippen LogP contribution in [0.2, 0.25) is 0 Å². The molecular formula is C8H6BF5O3. The highest BCUT2D eigenvalue weighted by atomic mass is 19.4. The van der Waals surface area contributed by atoms with Crippen LogP contribution in [0.1, 0.15) is 0 Å². The third kappa shape index (κ3) is 3.86. The van der Waals surface area contributed by atoms with Crippen molar-refractivity contribution in [2.75, 3.05) is 0 Å². The van der Waals surface area contributed by atoms with Crippen LogP contribution in [0.15, 0.2) is 30.3 Å². The second-order valence-electron chi connectivity index (χ2n) is 2.87. The average Bonchev–Trinajstić information content (AvgIpc) is 2.16. The number of para-hydroxylation sites is 1. The molecule has 0 fully saturated rings. The largest absolute Gasteiger partial charge is 0.714 e. The molecule has 1 N–H and O–H groups in total. The lowest BCUT2D eigenvalue weighted by Crippen LogP contribution is -2.45. The Hall–Kier alpha value is -1.35. The minimum atomic E-state index is -5.92. The lowest BCUT2D eigenvalue weighted by atomic mass is 10.2. The van der Waals surface area contributed by atoms with E-state index in [1.54, 1.807) is 6.07 Å². The molecule has 0 atom stereocenters. The minimum absolute atomic E-state index is 0.113. The zero-order valence-corrected chi connectivity index (χ0v) is 8.12. The summed E-state index contributed by atoms with van der Waals surface area (Å²) in [6.07, 6.45) is -11.4. The number of rotatable bonds is 4. The molecule has 1 aromatic rings. The van der Waals surface area contributed by atoms with Gasteiger partial charge in [0.1, 0.15) is 5.75 Å². The van der Waals surface area contributed by atoms with Gasteiger partial charge in [0, 0.05) is 0 Å². The molecule has 0 aliphatic heterocycles. The third-order valence-corrected chi connectivity index (χ3v) is 1.56. The zero-order chi connectivity index (χ0) is 13.1. The Kier molecular flexibility index (Phi) is 3.94. The van der Waals surface area contributed by atoms with Crippen LogP contribution in [0.5, 0.6) is 5.75 Å². The van der Waals surface area contributed by atoms with Crippen molar-refractivity contribution in [1.82, 2.24) is 0 Å². The van der Waals surface area contributed by atoms with E-state index < -0.39 is 19.6 Å². The summed E-state index contributed by atoms with van der Waals surface area (Å²) in [6, 6.07) is 6.93. The highest BCUT2D eigenvalue weighted by Crippen LogP contribution is 2.36. The smallest absolute Gasteiger partial charge is 0.512 e. The first kappa shape index (κ1) is 13.7. The van der Waals surface area contributed by atoms with Gasteiger partial charge in [0.05, 0.1) is 0 Å². The molecule has 1 rings (SSSR count). The predicted octanol–water partition coefficient (Wildman–Crippen LogP) is 2.21. The van der Waals surface area contributed by atoms with Crippen molar-refractivity contribution in [3.8, 4) is 5.75 Å². The lowest BCUT2D eigenvalue weighted by Gasteiger charge is -2.20. The summed E-state index contributed by atoms with van der Waals surface area (Å²) in [7, 11) is -2.73. The highest BCUT2D eigenvalue weighted by molar-refractivity contribution is 6.35. The average molecular weight is 256 g/mol. The van der Waals surface area contributed by atoms with Crippen LogP contribution in [0.3, 0.4) is 0 Å². The zero-order valence-electron chi connectivity index (χ0n) is 8.12. The molecule has 0 saturated heterocycles. The van der Waals surface area contributed by atoms with Gasteiger partial charge >= 0.3 is 19.6 Å². The molecule has 0 aliphatic carbocycles. The van der Waals surface area contributed by atoms with Crippen molar-refractivity contribution in [3.05, 3.63) is 30.3 Å². The summed E-state index contributed by atoms with van der Waals surface area (Å²) in [5, 5.41) is 8.78. The molecule has 0 unspecified atom stereocenters. The minimum Gasteiger partial charge on any atom is -0.512 e. The van der Waals surface area contributed by atoms with E-state index in [1.165, 1.54) is 24.3 Å². The molecule has 0 aromatic heterocycles. The van der Waals surface area contributed by atoms with Gasteiger partial charge in [-0.15, -0.1) is 0 Å². The fraction of sp³-hybridized carbons (Fsp3) is 0.250. The van der Waals surface area contributed by atoms with Gasteiger partial charge in [0.25, 0.3) is 0 Å². The van der Waals surface area contributed by atoms with Crippen LogP contribution in [-0.4, -0.2) is 24.6 Å². The summed E-state index contributed by atoms with van der Waals surface area (Å²) in [5.74, 6) is -0.113. The van der Waals surface area contributed by atoms with E-state index in [0.717, 1.165) is 0 Å². The van der Waals surface area contributed by atoms with E-state index in [0.29, 0.717) is 0 Å². The van der Waals surface area contributed by atoms with Crippen LogP contribution in [-0.2, 0) is 4.65 Å². The molecular weight excluding hydrogens is 250 g/mol.